The molecule has 0 saturated carbocycles. The first-order chi connectivity index (χ1) is 21.3. The fourth-order valence-corrected chi connectivity index (χ4v) is 6.81. The Morgan fingerprint density at radius 1 is 1.11 bits per heavy atom. The van der Waals surface area contributed by atoms with Gasteiger partial charge in [0.1, 0.15) is 18.6 Å². The highest BCUT2D eigenvalue weighted by molar-refractivity contribution is 6.38. The molecular weight excluding hydrogens is 602 g/mol. The van der Waals surface area contributed by atoms with E-state index < -0.39 is 6.17 Å². The number of hydrogen-bond donors (Lipinski definition) is 0. The van der Waals surface area contributed by atoms with Crippen LogP contribution in [0.25, 0.3) is 32.8 Å². The first-order valence-electron chi connectivity index (χ1n) is 14.5. The second-order valence-corrected chi connectivity index (χ2v) is 12.1. The number of nitriles is 1. The van der Waals surface area contributed by atoms with Crippen molar-refractivity contribution in [2.24, 2.45) is 0 Å². The molecule has 226 valence electrons. The van der Waals surface area contributed by atoms with Gasteiger partial charge in [-0.3, -0.25) is 9.69 Å². The number of ether oxygens (including phenoxy) is 1. The number of anilines is 1. The number of nitrogens with zero attached hydrogens (tertiary/aromatic N) is 6. The van der Waals surface area contributed by atoms with Gasteiger partial charge in [-0.15, -0.1) is 0 Å². The lowest BCUT2D eigenvalue weighted by atomic mass is 9.97. The standard InChI is InChI=1S/C33H31Cl2FN6O2/c1-3-30(43)42-13-12-41(18-22(42)10-11-37)32-26-15-28(35)25(24-8-4-6-20-7-5-9-27(34)31(20)24)16-29(26)38-33(39-32)44-19-23-14-21(36)17-40(23)2/h3-9,15-16,21-23H,1,10,12-14,17-19H2,2H3/t21-,22+,23+/m1/s1. The lowest BCUT2D eigenvalue weighted by molar-refractivity contribution is -0.128. The summed E-state index contributed by atoms with van der Waals surface area (Å²) in [6.45, 7) is 5.46. The van der Waals surface area contributed by atoms with Crippen LogP contribution in [0.4, 0.5) is 10.2 Å². The molecule has 3 aromatic carbocycles. The van der Waals surface area contributed by atoms with E-state index in [4.69, 9.17) is 37.9 Å². The van der Waals surface area contributed by atoms with E-state index in [9.17, 15) is 14.4 Å². The summed E-state index contributed by atoms with van der Waals surface area (Å²) in [5.74, 6) is 0.376. The number of amides is 1. The summed E-state index contributed by atoms with van der Waals surface area (Å²) in [6.07, 6.45) is 0.918. The Balaban J connectivity index is 1.45. The SMILES string of the molecule is C=CC(=O)N1CCN(c2nc(OC[C@@H]3C[C@@H](F)CN3C)nc3cc(-c4cccc5cccc(Cl)c45)c(Cl)cc23)C[C@@H]1CC#N. The minimum Gasteiger partial charge on any atom is -0.462 e. The van der Waals surface area contributed by atoms with Crippen molar-refractivity contribution >= 4 is 56.6 Å². The van der Waals surface area contributed by atoms with Gasteiger partial charge >= 0.3 is 6.01 Å². The predicted octanol–water partition coefficient (Wildman–Crippen LogP) is 6.29. The van der Waals surface area contributed by atoms with Gasteiger partial charge in [0.2, 0.25) is 5.91 Å². The molecule has 0 unspecified atom stereocenters. The van der Waals surface area contributed by atoms with E-state index in [0.717, 1.165) is 21.9 Å². The van der Waals surface area contributed by atoms with Crippen molar-refractivity contribution < 1.29 is 13.9 Å². The van der Waals surface area contributed by atoms with E-state index in [2.05, 4.69) is 12.6 Å². The number of likely N-dealkylation sites (N-methyl/N-ethyl adjacent to an activating group) is 1. The average Bonchev–Trinajstić information content (AvgIpc) is 3.35. The lowest BCUT2D eigenvalue weighted by Crippen LogP contribution is -2.55. The molecule has 0 radical (unpaired) electrons. The third-order valence-electron chi connectivity index (χ3n) is 8.50. The highest BCUT2D eigenvalue weighted by atomic mass is 35.5. The van der Waals surface area contributed by atoms with Gasteiger partial charge in [-0.2, -0.15) is 15.2 Å². The molecule has 8 nitrogen and oxygen atoms in total. The van der Waals surface area contributed by atoms with Crippen molar-refractivity contribution in [1.82, 2.24) is 19.8 Å². The Kier molecular flexibility index (Phi) is 8.59. The second kappa shape index (κ2) is 12.6. The van der Waals surface area contributed by atoms with Crippen LogP contribution in [0, 0.1) is 11.3 Å². The molecule has 2 aliphatic heterocycles. The predicted molar refractivity (Wildman–Crippen MR) is 172 cm³/mol. The average molecular weight is 634 g/mol. The van der Waals surface area contributed by atoms with E-state index in [0.29, 0.717) is 59.4 Å². The van der Waals surface area contributed by atoms with Gasteiger partial charge in [0.25, 0.3) is 0 Å². The zero-order chi connectivity index (χ0) is 31.0. The fraction of sp³-hybridized carbons (Fsp3) is 0.333. The fourth-order valence-electron chi connectivity index (χ4n) is 6.26. The van der Waals surface area contributed by atoms with Crippen LogP contribution in [0.15, 0.2) is 61.2 Å². The van der Waals surface area contributed by atoms with E-state index in [-0.39, 0.29) is 37.0 Å². The molecule has 4 aromatic rings. The molecule has 0 aliphatic carbocycles. The topological polar surface area (TPSA) is 85.6 Å². The summed E-state index contributed by atoms with van der Waals surface area (Å²) >= 11 is 13.6. The first-order valence-corrected chi connectivity index (χ1v) is 15.2. The summed E-state index contributed by atoms with van der Waals surface area (Å²) in [6, 6.07) is 17.4. The van der Waals surface area contributed by atoms with Gasteiger partial charge in [-0.25, -0.2) is 4.39 Å². The largest absolute Gasteiger partial charge is 0.462 e. The molecule has 44 heavy (non-hydrogen) atoms. The third-order valence-corrected chi connectivity index (χ3v) is 9.12. The quantitative estimate of drug-likeness (QED) is 0.221. The number of likely N-dealkylation sites (tertiary alicyclic amines) is 1. The van der Waals surface area contributed by atoms with Crippen LogP contribution >= 0.6 is 23.2 Å². The van der Waals surface area contributed by atoms with Crippen LogP contribution < -0.4 is 9.64 Å². The summed E-state index contributed by atoms with van der Waals surface area (Å²) in [4.78, 5) is 27.8. The highest BCUT2D eigenvalue weighted by Gasteiger charge is 2.32. The van der Waals surface area contributed by atoms with Crippen molar-refractivity contribution in [1.29, 1.82) is 5.26 Å². The molecule has 1 amide bonds. The number of hydrogen-bond acceptors (Lipinski definition) is 7. The van der Waals surface area contributed by atoms with Crippen LogP contribution in [0.2, 0.25) is 10.0 Å². The van der Waals surface area contributed by atoms with Crippen LogP contribution in [-0.4, -0.2) is 83.8 Å². The van der Waals surface area contributed by atoms with E-state index >= 15 is 0 Å². The molecule has 3 heterocycles. The minimum absolute atomic E-state index is 0.0974. The van der Waals surface area contributed by atoms with Crippen molar-refractivity contribution in [2.45, 2.75) is 31.1 Å². The number of fused-ring (bicyclic) bond motifs is 2. The molecule has 3 atom stereocenters. The number of benzene rings is 3. The monoisotopic (exact) mass is 632 g/mol. The second-order valence-electron chi connectivity index (χ2n) is 11.3. The van der Waals surface area contributed by atoms with Crippen molar-refractivity contribution in [3.63, 3.8) is 0 Å². The zero-order valence-electron chi connectivity index (χ0n) is 24.2. The Bertz CT molecular complexity index is 1790. The summed E-state index contributed by atoms with van der Waals surface area (Å²) < 4.78 is 20.2. The minimum atomic E-state index is -0.898. The summed E-state index contributed by atoms with van der Waals surface area (Å²) in [7, 11) is 1.88. The maximum Gasteiger partial charge on any atom is 0.319 e. The number of carbonyl (C=O) groups excluding carboxylic acids is 1. The molecule has 6 rings (SSSR count). The van der Waals surface area contributed by atoms with Gasteiger partial charge in [-0.1, -0.05) is 60.1 Å². The number of halogens is 3. The number of alkyl halides is 1. The molecule has 0 spiro atoms. The molecule has 0 bridgehead atoms. The Morgan fingerprint density at radius 3 is 2.64 bits per heavy atom. The lowest BCUT2D eigenvalue weighted by Gasteiger charge is -2.41. The zero-order valence-corrected chi connectivity index (χ0v) is 25.7. The number of rotatable bonds is 7. The number of piperazine rings is 1. The van der Waals surface area contributed by atoms with Crippen LogP contribution in [0.3, 0.4) is 0 Å². The van der Waals surface area contributed by atoms with Crippen molar-refractivity contribution in [3.05, 3.63) is 71.2 Å². The number of aromatic nitrogens is 2. The van der Waals surface area contributed by atoms with Crippen molar-refractivity contribution in [2.75, 3.05) is 44.7 Å². The summed E-state index contributed by atoms with van der Waals surface area (Å²) in [5.41, 5.74) is 2.24. The molecule has 0 N–H and O–H groups in total. The third kappa shape index (κ3) is 5.77. The van der Waals surface area contributed by atoms with Gasteiger partial charge in [0.05, 0.1) is 24.0 Å². The highest BCUT2D eigenvalue weighted by Crippen LogP contribution is 2.41. The Morgan fingerprint density at radius 2 is 1.91 bits per heavy atom. The molecule has 2 fully saturated rings. The maximum absolute atomic E-state index is 14.0. The molecule has 2 saturated heterocycles. The van der Waals surface area contributed by atoms with Gasteiger partial charge in [0.15, 0.2) is 0 Å². The first kappa shape index (κ1) is 30.1. The molecule has 11 heteroatoms. The van der Waals surface area contributed by atoms with E-state index in [1.54, 1.807) is 4.90 Å². The number of carbonyl (C=O) groups is 1. The van der Waals surface area contributed by atoms with Crippen molar-refractivity contribution in [3.8, 4) is 23.2 Å². The van der Waals surface area contributed by atoms with Crippen LogP contribution in [-0.2, 0) is 4.79 Å². The normalized spacial score (nSPS) is 20.7. The Labute approximate surface area is 265 Å². The maximum atomic E-state index is 14.0. The van der Waals surface area contributed by atoms with Crippen LogP contribution in [0.1, 0.15) is 12.8 Å². The van der Waals surface area contributed by atoms with Gasteiger partial charge < -0.3 is 14.5 Å². The molecule has 2 aliphatic rings. The Hall–Kier alpha value is -3.97. The van der Waals surface area contributed by atoms with E-state index in [1.165, 1.54) is 6.08 Å². The smallest absolute Gasteiger partial charge is 0.319 e. The molecule has 1 aromatic heterocycles. The van der Waals surface area contributed by atoms with Crippen LogP contribution in [0.5, 0.6) is 6.01 Å². The van der Waals surface area contributed by atoms with Gasteiger partial charge in [0, 0.05) is 58.6 Å². The molecular formula is C33H31Cl2FN6O2. The summed E-state index contributed by atoms with van der Waals surface area (Å²) in [5, 5.41) is 13.2. The van der Waals surface area contributed by atoms with E-state index in [1.807, 2.05) is 65.4 Å². The van der Waals surface area contributed by atoms with Gasteiger partial charge in [-0.05, 0) is 48.7 Å².